The molecule has 0 radical (unpaired) electrons. The van der Waals surface area contributed by atoms with Gasteiger partial charge in [0.25, 0.3) is 5.69 Å². The van der Waals surface area contributed by atoms with Crippen molar-refractivity contribution < 1.29 is 24.0 Å². The smallest absolute Gasteiger partial charge is 0.363 e. The molecule has 0 N–H and O–H groups in total. The Morgan fingerprint density at radius 1 is 1.09 bits per heavy atom. The van der Waals surface area contributed by atoms with Gasteiger partial charge in [-0.2, -0.15) is 0 Å². The lowest BCUT2D eigenvalue weighted by Gasteiger charge is -2.08. The monoisotopic (exact) mass is 506 g/mol. The number of ether oxygens (including phenoxy) is 2. The van der Waals surface area contributed by atoms with Gasteiger partial charge in [0.2, 0.25) is 5.90 Å². The predicted octanol–water partition coefficient (Wildman–Crippen LogP) is 5.23. The number of cyclic esters (lactones) is 1. The molecular weight excluding hydrogens is 492 g/mol. The number of nitrogens with zero attached hydrogens (tertiary/aromatic N) is 2. The zero-order valence-corrected chi connectivity index (χ0v) is 18.7. The van der Waals surface area contributed by atoms with Gasteiger partial charge in [-0.25, -0.2) is 14.6 Å². The van der Waals surface area contributed by atoms with Crippen LogP contribution in [0.2, 0.25) is 0 Å². The van der Waals surface area contributed by atoms with Crippen molar-refractivity contribution in [2.45, 2.75) is 6.92 Å². The van der Waals surface area contributed by atoms with Crippen molar-refractivity contribution in [2.24, 2.45) is 4.99 Å². The molecule has 0 aromatic heterocycles. The number of nitro groups is 1. The molecule has 0 saturated carbocycles. The van der Waals surface area contributed by atoms with Crippen LogP contribution < -0.4 is 4.74 Å². The minimum atomic E-state index is -0.695. The second-order valence-corrected chi connectivity index (χ2v) is 7.99. The number of aliphatic imine (C=N–C) groups is 1. The number of halogens is 1. The van der Waals surface area contributed by atoms with Crippen molar-refractivity contribution in [2.75, 3.05) is 0 Å². The van der Waals surface area contributed by atoms with Crippen molar-refractivity contribution in [3.8, 4) is 5.75 Å². The lowest BCUT2D eigenvalue weighted by molar-refractivity contribution is -0.384. The number of esters is 2. The highest BCUT2D eigenvalue weighted by atomic mass is 79.9. The molecule has 0 spiro atoms. The Kier molecular flexibility index (Phi) is 6.14. The van der Waals surface area contributed by atoms with E-state index in [1.165, 1.54) is 30.3 Å². The average Bonchev–Trinajstić information content (AvgIpc) is 3.16. The first-order chi connectivity index (χ1) is 15.8. The summed E-state index contributed by atoms with van der Waals surface area (Å²) >= 11 is 3.37. The first-order valence-corrected chi connectivity index (χ1v) is 10.5. The summed E-state index contributed by atoms with van der Waals surface area (Å²) in [4.78, 5) is 39.4. The Morgan fingerprint density at radius 3 is 2.45 bits per heavy atom. The molecule has 0 amide bonds. The fraction of sp³-hybridized carbons (Fsp3) is 0.0417. The molecule has 0 aliphatic carbocycles. The fourth-order valence-electron chi connectivity index (χ4n) is 2.98. The molecule has 1 aliphatic rings. The van der Waals surface area contributed by atoms with E-state index in [1.807, 2.05) is 19.1 Å². The summed E-state index contributed by atoms with van der Waals surface area (Å²) in [5.41, 5.74) is 2.16. The van der Waals surface area contributed by atoms with Gasteiger partial charge in [0.1, 0.15) is 5.75 Å². The SMILES string of the molecule is Cc1ccc(C(=O)Oc2ccc(Br)cc2/C=C2/N=C(c3ccc([N+](=O)[O-])cc3)OC2=O)cc1. The maximum atomic E-state index is 12.6. The first-order valence-electron chi connectivity index (χ1n) is 9.66. The molecular formula is C24H15BrN2O6. The molecule has 3 aromatic rings. The Morgan fingerprint density at radius 2 is 1.79 bits per heavy atom. The number of rotatable bonds is 5. The van der Waals surface area contributed by atoms with Crippen molar-refractivity contribution in [3.63, 3.8) is 0 Å². The second kappa shape index (κ2) is 9.17. The van der Waals surface area contributed by atoms with E-state index in [0.717, 1.165) is 5.56 Å². The molecule has 3 aromatic carbocycles. The molecule has 9 heteroatoms. The van der Waals surface area contributed by atoms with E-state index in [-0.39, 0.29) is 23.0 Å². The van der Waals surface area contributed by atoms with Gasteiger partial charge in [0.15, 0.2) is 5.70 Å². The number of non-ortho nitro benzene ring substituents is 1. The van der Waals surface area contributed by atoms with Crippen molar-refractivity contribution in [1.29, 1.82) is 0 Å². The maximum Gasteiger partial charge on any atom is 0.363 e. The van der Waals surface area contributed by atoms with Gasteiger partial charge >= 0.3 is 11.9 Å². The molecule has 0 unspecified atom stereocenters. The number of hydrogen-bond acceptors (Lipinski definition) is 7. The molecule has 0 saturated heterocycles. The molecule has 164 valence electrons. The number of hydrogen-bond donors (Lipinski definition) is 0. The first kappa shape index (κ1) is 22.1. The third kappa shape index (κ3) is 5.04. The van der Waals surface area contributed by atoms with Crippen molar-refractivity contribution in [3.05, 3.63) is 109 Å². The van der Waals surface area contributed by atoms with E-state index in [0.29, 0.717) is 21.2 Å². The van der Waals surface area contributed by atoms with E-state index >= 15 is 0 Å². The van der Waals surface area contributed by atoms with E-state index in [9.17, 15) is 19.7 Å². The standard InChI is InChI=1S/C24H15BrN2O6/c1-14-2-4-16(5-3-14)23(28)32-21-11-8-18(25)12-17(21)13-20-24(29)33-22(26-20)15-6-9-19(10-7-15)27(30)31/h2-13H,1H3/b20-13+. The number of aryl methyl sites for hydroxylation is 1. The van der Waals surface area contributed by atoms with Crippen LogP contribution in [0.4, 0.5) is 5.69 Å². The van der Waals surface area contributed by atoms with Crippen LogP contribution in [0.3, 0.4) is 0 Å². The highest BCUT2D eigenvalue weighted by Crippen LogP contribution is 2.29. The van der Waals surface area contributed by atoms with Gasteiger partial charge in [-0.15, -0.1) is 0 Å². The summed E-state index contributed by atoms with van der Waals surface area (Å²) in [6, 6.07) is 17.4. The largest absolute Gasteiger partial charge is 0.422 e. The van der Waals surface area contributed by atoms with Gasteiger partial charge in [0.05, 0.1) is 10.5 Å². The van der Waals surface area contributed by atoms with Crippen LogP contribution in [0.1, 0.15) is 27.0 Å². The number of nitro benzene ring substituents is 1. The lowest BCUT2D eigenvalue weighted by Crippen LogP contribution is -2.09. The van der Waals surface area contributed by atoms with Crippen LogP contribution in [-0.2, 0) is 9.53 Å². The van der Waals surface area contributed by atoms with Crippen LogP contribution in [0, 0.1) is 17.0 Å². The Balaban J connectivity index is 1.63. The van der Waals surface area contributed by atoms with Crippen LogP contribution >= 0.6 is 15.9 Å². The van der Waals surface area contributed by atoms with Gasteiger partial charge in [0, 0.05) is 27.7 Å². The molecule has 8 nitrogen and oxygen atoms in total. The molecule has 33 heavy (non-hydrogen) atoms. The number of benzene rings is 3. The summed E-state index contributed by atoms with van der Waals surface area (Å²) in [5, 5.41) is 10.8. The minimum Gasteiger partial charge on any atom is -0.422 e. The lowest BCUT2D eigenvalue weighted by atomic mass is 10.1. The van der Waals surface area contributed by atoms with Gasteiger partial charge in [-0.3, -0.25) is 10.1 Å². The maximum absolute atomic E-state index is 12.6. The van der Waals surface area contributed by atoms with Gasteiger partial charge in [-0.1, -0.05) is 33.6 Å². The third-order valence-electron chi connectivity index (χ3n) is 4.70. The zero-order chi connectivity index (χ0) is 23.5. The Hall–Kier alpha value is -4.11. The van der Waals surface area contributed by atoms with E-state index < -0.39 is 16.9 Å². The van der Waals surface area contributed by atoms with Gasteiger partial charge in [-0.05, 0) is 55.5 Å². The molecule has 4 rings (SSSR count). The van der Waals surface area contributed by atoms with Crippen molar-refractivity contribution >= 4 is 45.5 Å². The summed E-state index contributed by atoms with van der Waals surface area (Å²) in [6.07, 6.45) is 1.45. The third-order valence-corrected chi connectivity index (χ3v) is 5.19. The summed E-state index contributed by atoms with van der Waals surface area (Å²) in [6.45, 7) is 1.92. The highest BCUT2D eigenvalue weighted by Gasteiger charge is 2.25. The quantitative estimate of drug-likeness (QED) is 0.154. The van der Waals surface area contributed by atoms with Crippen molar-refractivity contribution in [1.82, 2.24) is 0 Å². The number of carbonyl (C=O) groups is 2. The molecule has 1 aliphatic heterocycles. The second-order valence-electron chi connectivity index (χ2n) is 7.08. The molecule has 1 heterocycles. The van der Waals surface area contributed by atoms with Crippen LogP contribution in [-0.4, -0.2) is 22.8 Å². The number of carbonyl (C=O) groups excluding carboxylic acids is 2. The summed E-state index contributed by atoms with van der Waals surface area (Å²) < 4.78 is 11.5. The summed E-state index contributed by atoms with van der Waals surface area (Å²) in [7, 11) is 0. The Labute approximate surface area is 196 Å². The topological polar surface area (TPSA) is 108 Å². The van der Waals surface area contributed by atoms with Crippen LogP contribution in [0.5, 0.6) is 5.75 Å². The molecule has 0 atom stereocenters. The summed E-state index contributed by atoms with van der Waals surface area (Å²) in [5.74, 6) is -0.974. The molecule has 0 fully saturated rings. The highest BCUT2D eigenvalue weighted by molar-refractivity contribution is 9.10. The van der Waals surface area contributed by atoms with E-state index in [1.54, 1.807) is 30.3 Å². The van der Waals surface area contributed by atoms with E-state index in [2.05, 4.69) is 20.9 Å². The zero-order valence-electron chi connectivity index (χ0n) is 17.2. The van der Waals surface area contributed by atoms with E-state index in [4.69, 9.17) is 9.47 Å². The minimum absolute atomic E-state index is 0.00547. The van der Waals surface area contributed by atoms with Crippen LogP contribution in [0.25, 0.3) is 6.08 Å². The fourth-order valence-corrected chi connectivity index (χ4v) is 3.36. The normalized spacial score (nSPS) is 14.1. The average molecular weight is 507 g/mol. The Bertz CT molecular complexity index is 1330. The predicted molar refractivity (Wildman–Crippen MR) is 124 cm³/mol. The molecule has 0 bridgehead atoms. The van der Waals surface area contributed by atoms with Gasteiger partial charge < -0.3 is 9.47 Å². The van der Waals surface area contributed by atoms with Crippen LogP contribution in [0.15, 0.2) is 81.9 Å².